The van der Waals surface area contributed by atoms with Gasteiger partial charge in [0.1, 0.15) is 11.5 Å². The number of benzene rings is 2. The van der Waals surface area contributed by atoms with Gasteiger partial charge in [-0.2, -0.15) is 0 Å². The molecule has 0 radical (unpaired) electrons. The van der Waals surface area contributed by atoms with Crippen LogP contribution in [0.2, 0.25) is 0 Å². The van der Waals surface area contributed by atoms with E-state index in [0.29, 0.717) is 29.5 Å². The van der Waals surface area contributed by atoms with Gasteiger partial charge in [-0.15, -0.1) is 0 Å². The first-order valence-electron chi connectivity index (χ1n) is 8.62. The van der Waals surface area contributed by atoms with Crippen LogP contribution in [-0.2, 0) is 11.2 Å². The predicted molar refractivity (Wildman–Crippen MR) is 103 cm³/mol. The molecule has 1 aromatic heterocycles. The van der Waals surface area contributed by atoms with Crippen LogP contribution in [0, 0.1) is 6.92 Å². The summed E-state index contributed by atoms with van der Waals surface area (Å²) in [5.41, 5.74) is 2.58. The maximum Gasteiger partial charge on any atom is 0.224 e. The van der Waals surface area contributed by atoms with E-state index in [9.17, 15) is 4.79 Å². The van der Waals surface area contributed by atoms with Crippen molar-refractivity contribution in [3.63, 3.8) is 0 Å². The molecule has 0 saturated heterocycles. The molecule has 140 valence electrons. The molecule has 6 heteroatoms. The van der Waals surface area contributed by atoms with Crippen molar-refractivity contribution in [1.82, 2.24) is 4.98 Å². The largest absolute Gasteiger partial charge is 0.497 e. The average Bonchev–Trinajstić information content (AvgIpc) is 3.16. The fourth-order valence-corrected chi connectivity index (χ4v) is 2.69. The van der Waals surface area contributed by atoms with Crippen LogP contribution in [0.1, 0.15) is 17.9 Å². The number of anilines is 1. The van der Waals surface area contributed by atoms with Crippen LogP contribution < -0.4 is 14.8 Å². The summed E-state index contributed by atoms with van der Waals surface area (Å²) in [5, 5.41) is 2.88. The summed E-state index contributed by atoms with van der Waals surface area (Å²) < 4.78 is 16.3. The van der Waals surface area contributed by atoms with Crippen molar-refractivity contribution in [1.29, 1.82) is 0 Å². The van der Waals surface area contributed by atoms with E-state index in [4.69, 9.17) is 13.9 Å². The Bertz CT molecular complexity index is 933. The molecule has 0 spiro atoms. The molecule has 0 atom stereocenters. The minimum Gasteiger partial charge on any atom is -0.497 e. The van der Waals surface area contributed by atoms with E-state index in [0.717, 1.165) is 16.9 Å². The van der Waals surface area contributed by atoms with Crippen LogP contribution in [0.15, 0.2) is 53.1 Å². The molecule has 0 bridgehead atoms. The first-order chi connectivity index (χ1) is 13.1. The molecule has 27 heavy (non-hydrogen) atoms. The quantitative estimate of drug-likeness (QED) is 0.677. The molecule has 0 aliphatic carbocycles. The fourth-order valence-electron chi connectivity index (χ4n) is 2.69. The standard InChI is InChI=1S/C21H22N2O4/c1-14-7-8-18(26-3)17(11-14)23-20(24)9-10-21-22-13-19(27-21)15-5-4-6-16(12-15)25-2/h4-8,11-13H,9-10H2,1-3H3,(H,23,24). The van der Waals surface area contributed by atoms with Crippen molar-refractivity contribution >= 4 is 11.6 Å². The molecular weight excluding hydrogens is 344 g/mol. The molecule has 0 fully saturated rings. The van der Waals surface area contributed by atoms with Crippen LogP contribution in [-0.4, -0.2) is 25.1 Å². The summed E-state index contributed by atoms with van der Waals surface area (Å²) in [5.74, 6) is 2.41. The van der Waals surface area contributed by atoms with Gasteiger partial charge in [0.2, 0.25) is 5.91 Å². The Balaban J connectivity index is 1.61. The molecular formula is C21H22N2O4. The normalized spacial score (nSPS) is 10.5. The number of aromatic nitrogens is 1. The molecule has 0 aliphatic heterocycles. The molecule has 3 rings (SSSR count). The van der Waals surface area contributed by atoms with Crippen molar-refractivity contribution in [3.05, 3.63) is 60.1 Å². The number of amides is 1. The third kappa shape index (κ3) is 4.67. The number of aryl methyl sites for hydroxylation is 2. The molecule has 1 N–H and O–H groups in total. The van der Waals surface area contributed by atoms with Gasteiger partial charge in [0, 0.05) is 18.4 Å². The van der Waals surface area contributed by atoms with Gasteiger partial charge in [0.05, 0.1) is 26.1 Å². The second-order valence-electron chi connectivity index (χ2n) is 6.10. The van der Waals surface area contributed by atoms with Crippen LogP contribution in [0.3, 0.4) is 0 Å². The third-order valence-electron chi connectivity index (χ3n) is 4.10. The van der Waals surface area contributed by atoms with Crippen molar-refractivity contribution in [2.24, 2.45) is 0 Å². The van der Waals surface area contributed by atoms with Gasteiger partial charge in [0.15, 0.2) is 11.7 Å². The van der Waals surface area contributed by atoms with Crippen LogP contribution in [0.25, 0.3) is 11.3 Å². The highest BCUT2D eigenvalue weighted by Crippen LogP contribution is 2.26. The van der Waals surface area contributed by atoms with E-state index in [1.54, 1.807) is 20.4 Å². The summed E-state index contributed by atoms with van der Waals surface area (Å²) >= 11 is 0. The van der Waals surface area contributed by atoms with Crippen molar-refractivity contribution in [2.75, 3.05) is 19.5 Å². The first kappa shape index (κ1) is 18.5. The lowest BCUT2D eigenvalue weighted by molar-refractivity contribution is -0.116. The topological polar surface area (TPSA) is 73.6 Å². The lowest BCUT2D eigenvalue weighted by atomic mass is 10.2. The van der Waals surface area contributed by atoms with Gasteiger partial charge in [-0.25, -0.2) is 4.98 Å². The zero-order valence-electron chi connectivity index (χ0n) is 15.6. The van der Waals surface area contributed by atoms with E-state index in [2.05, 4.69) is 10.3 Å². The Kier molecular flexibility index (Phi) is 5.76. The van der Waals surface area contributed by atoms with Crippen LogP contribution >= 0.6 is 0 Å². The molecule has 1 heterocycles. The summed E-state index contributed by atoms with van der Waals surface area (Å²) in [6.07, 6.45) is 2.32. The summed E-state index contributed by atoms with van der Waals surface area (Å²) in [4.78, 5) is 16.5. The average molecular weight is 366 g/mol. The van der Waals surface area contributed by atoms with Gasteiger partial charge in [-0.3, -0.25) is 4.79 Å². The third-order valence-corrected chi connectivity index (χ3v) is 4.10. The van der Waals surface area contributed by atoms with E-state index >= 15 is 0 Å². The highest BCUT2D eigenvalue weighted by Gasteiger charge is 2.12. The van der Waals surface area contributed by atoms with Crippen molar-refractivity contribution in [2.45, 2.75) is 19.8 Å². The molecule has 0 saturated carbocycles. The van der Waals surface area contributed by atoms with E-state index in [1.807, 2.05) is 49.4 Å². The fraction of sp³-hybridized carbons (Fsp3) is 0.238. The summed E-state index contributed by atoms with van der Waals surface area (Å²) in [6, 6.07) is 13.2. The number of carbonyl (C=O) groups is 1. The minimum atomic E-state index is -0.125. The maximum absolute atomic E-state index is 12.3. The molecule has 2 aromatic carbocycles. The first-order valence-corrected chi connectivity index (χ1v) is 8.62. The van der Waals surface area contributed by atoms with E-state index < -0.39 is 0 Å². The number of hydrogen-bond donors (Lipinski definition) is 1. The second kappa shape index (κ2) is 8.40. The van der Waals surface area contributed by atoms with E-state index in [1.165, 1.54) is 0 Å². The van der Waals surface area contributed by atoms with Gasteiger partial charge in [-0.1, -0.05) is 18.2 Å². The second-order valence-corrected chi connectivity index (χ2v) is 6.10. The number of oxazole rings is 1. The van der Waals surface area contributed by atoms with Gasteiger partial charge in [-0.05, 0) is 36.8 Å². The van der Waals surface area contributed by atoms with Gasteiger partial charge >= 0.3 is 0 Å². The SMILES string of the molecule is COc1cccc(-c2cnc(CCC(=O)Nc3cc(C)ccc3OC)o2)c1. The number of nitrogens with zero attached hydrogens (tertiary/aromatic N) is 1. The predicted octanol–water partition coefficient (Wildman–Crippen LogP) is 4.24. The highest BCUT2D eigenvalue weighted by molar-refractivity contribution is 5.92. The lowest BCUT2D eigenvalue weighted by Gasteiger charge is -2.10. The summed E-state index contributed by atoms with van der Waals surface area (Å²) in [7, 11) is 3.19. The molecule has 3 aromatic rings. The lowest BCUT2D eigenvalue weighted by Crippen LogP contribution is -2.13. The van der Waals surface area contributed by atoms with Crippen molar-refractivity contribution in [3.8, 4) is 22.8 Å². The smallest absolute Gasteiger partial charge is 0.224 e. The Morgan fingerprint density at radius 3 is 2.78 bits per heavy atom. The van der Waals surface area contributed by atoms with E-state index in [-0.39, 0.29) is 12.3 Å². The van der Waals surface area contributed by atoms with Crippen LogP contribution in [0.4, 0.5) is 5.69 Å². The Hall–Kier alpha value is -3.28. The highest BCUT2D eigenvalue weighted by atomic mass is 16.5. The molecule has 6 nitrogen and oxygen atoms in total. The summed E-state index contributed by atoms with van der Waals surface area (Å²) in [6.45, 7) is 1.96. The number of hydrogen-bond acceptors (Lipinski definition) is 5. The number of methoxy groups -OCH3 is 2. The monoisotopic (exact) mass is 366 g/mol. The maximum atomic E-state index is 12.3. The Labute approximate surface area is 158 Å². The number of carbonyl (C=O) groups excluding carboxylic acids is 1. The van der Waals surface area contributed by atoms with Gasteiger partial charge < -0.3 is 19.2 Å². The number of nitrogens with one attached hydrogen (secondary N) is 1. The van der Waals surface area contributed by atoms with Crippen LogP contribution in [0.5, 0.6) is 11.5 Å². The zero-order valence-corrected chi connectivity index (χ0v) is 15.6. The number of ether oxygens (including phenoxy) is 2. The van der Waals surface area contributed by atoms with Gasteiger partial charge in [0.25, 0.3) is 0 Å². The Morgan fingerprint density at radius 1 is 1.15 bits per heavy atom. The molecule has 1 amide bonds. The van der Waals surface area contributed by atoms with Crippen molar-refractivity contribution < 1.29 is 18.7 Å². The minimum absolute atomic E-state index is 0.125. The number of rotatable bonds is 7. The zero-order chi connectivity index (χ0) is 19.2. The Morgan fingerprint density at radius 2 is 2.00 bits per heavy atom. The molecule has 0 unspecified atom stereocenters. The molecule has 0 aliphatic rings.